The maximum absolute atomic E-state index is 13.0. The van der Waals surface area contributed by atoms with Gasteiger partial charge >= 0.3 is 16.3 Å². The molecule has 3 aromatic carbocycles. The van der Waals surface area contributed by atoms with E-state index in [1.807, 2.05) is 49.3 Å². The van der Waals surface area contributed by atoms with Gasteiger partial charge in [0, 0.05) is 36.0 Å². The van der Waals surface area contributed by atoms with Gasteiger partial charge in [-0.05, 0) is 56.9 Å². The van der Waals surface area contributed by atoms with Crippen molar-refractivity contribution in [3.63, 3.8) is 0 Å². The lowest BCUT2D eigenvalue weighted by Gasteiger charge is -2.22. The summed E-state index contributed by atoms with van der Waals surface area (Å²) in [4.78, 5) is 24.1. The second kappa shape index (κ2) is 14.3. The van der Waals surface area contributed by atoms with Crippen LogP contribution in [0.5, 0.6) is 0 Å². The lowest BCUT2D eigenvalue weighted by Crippen LogP contribution is -2.25. The Morgan fingerprint density at radius 3 is 2.43 bits per heavy atom. The summed E-state index contributed by atoms with van der Waals surface area (Å²) >= 11 is 0. The van der Waals surface area contributed by atoms with E-state index < -0.39 is 16.3 Å². The Bertz CT molecular complexity index is 2000. The Morgan fingerprint density at radius 1 is 1.04 bits per heavy atom. The number of nitrogens with two attached hydrogens (primary N) is 1. The standard InChI is InChI=1S/C32H35N7O5S.ClH/c1-4-44-30(40)20-38-27-15-14-25(19-26(27)36-29(38)18-21-8-10-23(11-9-21)32(33)34)39(45(41,42)43)28-7-5-6-22-12-13-24(35-31(22)28)16-17-37(2)3;/h5-15,19H,4,16-18,20H2,1-3H3,(H3,33,34)(H,41,42,43);1H. The number of fused-ring (bicyclic) bond motifs is 2. The molecule has 2 heterocycles. The highest BCUT2D eigenvalue weighted by Crippen LogP contribution is 2.35. The summed E-state index contributed by atoms with van der Waals surface area (Å²) in [6.45, 7) is 2.61. The Kier molecular flexibility index (Phi) is 10.6. The van der Waals surface area contributed by atoms with Gasteiger partial charge in [-0.2, -0.15) is 8.42 Å². The van der Waals surface area contributed by atoms with Gasteiger partial charge in [0.05, 0.1) is 34.5 Å². The summed E-state index contributed by atoms with van der Waals surface area (Å²) in [6, 6.07) is 20.8. The number of halogens is 1. The Balaban J connectivity index is 0.00000480. The van der Waals surface area contributed by atoms with Gasteiger partial charge in [0.25, 0.3) is 0 Å². The van der Waals surface area contributed by atoms with Crippen molar-refractivity contribution in [1.29, 1.82) is 5.41 Å². The molecule has 14 heteroatoms. The summed E-state index contributed by atoms with van der Waals surface area (Å²) in [5, 5.41) is 8.36. The van der Waals surface area contributed by atoms with Crippen molar-refractivity contribution in [1.82, 2.24) is 19.4 Å². The van der Waals surface area contributed by atoms with E-state index in [0.29, 0.717) is 46.2 Å². The number of nitrogens with one attached hydrogen (secondary N) is 1. The number of amidine groups is 1. The fraction of sp³-hybridized carbons (Fsp3) is 0.250. The van der Waals surface area contributed by atoms with E-state index in [4.69, 9.17) is 25.8 Å². The number of ether oxygens (including phenoxy) is 1. The predicted molar refractivity (Wildman–Crippen MR) is 182 cm³/mol. The highest BCUT2D eigenvalue weighted by molar-refractivity contribution is 7.87. The molecule has 0 bridgehead atoms. The van der Waals surface area contributed by atoms with Crippen LogP contribution in [0.2, 0.25) is 0 Å². The van der Waals surface area contributed by atoms with Gasteiger partial charge < -0.3 is 19.9 Å². The minimum Gasteiger partial charge on any atom is -0.465 e. The summed E-state index contributed by atoms with van der Waals surface area (Å²) in [6.07, 6.45) is 1.000. The predicted octanol–water partition coefficient (Wildman–Crippen LogP) is 4.49. The van der Waals surface area contributed by atoms with E-state index in [0.717, 1.165) is 22.1 Å². The number of nitrogens with zero attached hydrogens (tertiary/aromatic N) is 5. The van der Waals surface area contributed by atoms with Gasteiger partial charge in [-0.15, -0.1) is 12.4 Å². The second-order valence-corrected chi connectivity index (χ2v) is 12.1. The number of hydrogen-bond acceptors (Lipinski definition) is 8. The highest BCUT2D eigenvalue weighted by atomic mass is 35.5. The summed E-state index contributed by atoms with van der Waals surface area (Å²) in [7, 11) is -0.881. The van der Waals surface area contributed by atoms with Gasteiger partial charge in [0.2, 0.25) is 0 Å². The Morgan fingerprint density at radius 2 is 1.78 bits per heavy atom. The number of esters is 1. The molecule has 0 saturated heterocycles. The third-order valence-corrected chi connectivity index (χ3v) is 8.16. The molecule has 0 saturated carbocycles. The molecule has 242 valence electrons. The SMILES string of the molecule is CCOC(=O)Cn1c(Cc2ccc(C(=N)N)cc2)nc2cc(N(c3cccc4ccc(CCN(C)C)nc34)S(=O)(=O)O)ccc21.Cl. The molecule has 0 amide bonds. The molecule has 0 unspecified atom stereocenters. The number of para-hydroxylation sites is 1. The number of imidazole rings is 1. The van der Waals surface area contributed by atoms with Crippen LogP contribution in [0.1, 0.15) is 29.6 Å². The van der Waals surface area contributed by atoms with Crippen LogP contribution in [0, 0.1) is 5.41 Å². The van der Waals surface area contributed by atoms with Crippen molar-refractivity contribution < 1.29 is 22.5 Å². The molecule has 5 aromatic rings. The molecule has 0 aliphatic carbocycles. The van der Waals surface area contributed by atoms with Gasteiger partial charge in [0.15, 0.2) is 0 Å². The molecule has 2 aromatic heterocycles. The second-order valence-electron chi connectivity index (χ2n) is 10.8. The third-order valence-electron chi connectivity index (χ3n) is 7.29. The first-order valence-electron chi connectivity index (χ1n) is 14.3. The van der Waals surface area contributed by atoms with Crippen molar-refractivity contribution in [2.24, 2.45) is 5.73 Å². The van der Waals surface area contributed by atoms with Crippen LogP contribution in [-0.4, -0.2) is 71.5 Å². The monoisotopic (exact) mass is 665 g/mol. The first kappa shape index (κ1) is 34.3. The van der Waals surface area contributed by atoms with Crippen molar-refractivity contribution in [2.45, 2.75) is 26.3 Å². The van der Waals surface area contributed by atoms with Gasteiger partial charge in [-0.1, -0.05) is 42.5 Å². The van der Waals surface area contributed by atoms with E-state index in [-0.39, 0.29) is 42.8 Å². The maximum atomic E-state index is 13.0. The Labute approximate surface area is 273 Å². The Hall–Kier alpha value is -4.56. The van der Waals surface area contributed by atoms with Gasteiger partial charge in [-0.25, -0.2) is 9.29 Å². The fourth-order valence-electron chi connectivity index (χ4n) is 5.14. The van der Waals surface area contributed by atoms with Crippen molar-refractivity contribution in [2.75, 3.05) is 31.6 Å². The van der Waals surface area contributed by atoms with Crippen molar-refractivity contribution in [3.8, 4) is 0 Å². The lowest BCUT2D eigenvalue weighted by atomic mass is 10.1. The zero-order valence-corrected chi connectivity index (χ0v) is 27.3. The average Bonchev–Trinajstić information content (AvgIpc) is 3.31. The number of rotatable bonds is 12. The van der Waals surface area contributed by atoms with Crippen LogP contribution in [-0.2, 0) is 39.2 Å². The van der Waals surface area contributed by atoms with Crippen LogP contribution in [0.15, 0.2) is 72.8 Å². The molecule has 5 rings (SSSR count). The smallest absolute Gasteiger partial charge is 0.364 e. The molecule has 4 N–H and O–H groups in total. The number of aromatic nitrogens is 3. The minimum absolute atomic E-state index is 0. The van der Waals surface area contributed by atoms with E-state index in [2.05, 4.69) is 0 Å². The first-order valence-corrected chi connectivity index (χ1v) is 15.7. The third kappa shape index (κ3) is 7.62. The summed E-state index contributed by atoms with van der Waals surface area (Å²) in [5.41, 5.74) is 9.60. The molecule has 0 atom stereocenters. The van der Waals surface area contributed by atoms with Crippen LogP contribution < -0.4 is 10.0 Å². The molecule has 0 aliphatic heterocycles. The summed E-state index contributed by atoms with van der Waals surface area (Å²) in [5.74, 6) is 0.0558. The number of pyridine rings is 1. The average molecular weight is 666 g/mol. The van der Waals surface area contributed by atoms with Crippen LogP contribution in [0.25, 0.3) is 21.9 Å². The molecule has 0 radical (unpaired) electrons. The summed E-state index contributed by atoms with van der Waals surface area (Å²) < 4.78 is 44.2. The molecular weight excluding hydrogens is 630 g/mol. The number of nitrogen functional groups attached to an aromatic ring is 1. The van der Waals surface area contributed by atoms with E-state index in [9.17, 15) is 17.8 Å². The molecule has 0 fully saturated rings. The van der Waals surface area contributed by atoms with Crippen molar-refractivity contribution >= 4 is 67.8 Å². The van der Waals surface area contributed by atoms with Crippen LogP contribution in [0.4, 0.5) is 11.4 Å². The van der Waals surface area contributed by atoms with Gasteiger partial charge in [-0.3, -0.25) is 19.7 Å². The maximum Gasteiger partial charge on any atom is 0.364 e. The molecular formula is C32H36ClN7O5S. The van der Waals surface area contributed by atoms with Crippen LogP contribution >= 0.6 is 12.4 Å². The molecule has 12 nitrogen and oxygen atoms in total. The molecule has 0 aliphatic rings. The van der Waals surface area contributed by atoms with E-state index >= 15 is 0 Å². The number of anilines is 2. The number of carbonyl (C=O) groups is 1. The normalized spacial score (nSPS) is 11.5. The largest absolute Gasteiger partial charge is 0.465 e. The zero-order valence-electron chi connectivity index (χ0n) is 25.7. The van der Waals surface area contributed by atoms with Crippen molar-refractivity contribution in [3.05, 3.63) is 95.4 Å². The first-order chi connectivity index (χ1) is 21.4. The number of hydrogen-bond donors (Lipinski definition) is 3. The molecule has 0 spiro atoms. The van der Waals surface area contributed by atoms with Crippen LogP contribution in [0.3, 0.4) is 0 Å². The number of benzene rings is 3. The number of likely N-dealkylation sites (N-methyl/N-ethyl adjacent to an activating group) is 1. The van der Waals surface area contributed by atoms with Gasteiger partial charge in [0.1, 0.15) is 18.2 Å². The number of carbonyl (C=O) groups excluding carboxylic acids is 1. The van der Waals surface area contributed by atoms with E-state index in [1.165, 1.54) is 0 Å². The fourth-order valence-corrected chi connectivity index (χ4v) is 5.91. The topological polar surface area (TPSA) is 168 Å². The lowest BCUT2D eigenvalue weighted by molar-refractivity contribution is -0.143. The highest BCUT2D eigenvalue weighted by Gasteiger charge is 2.26. The minimum atomic E-state index is -4.81. The molecule has 46 heavy (non-hydrogen) atoms. The zero-order chi connectivity index (χ0) is 32.3. The van der Waals surface area contributed by atoms with E-state index in [1.54, 1.807) is 54.0 Å². The quantitative estimate of drug-likeness (QED) is 0.0753.